The summed E-state index contributed by atoms with van der Waals surface area (Å²) in [6.07, 6.45) is 11.4. The number of ether oxygens (including phenoxy) is 4. The van der Waals surface area contributed by atoms with E-state index in [1.807, 2.05) is 0 Å². The lowest BCUT2D eigenvalue weighted by atomic mass is 9.94. The minimum Gasteiger partial charge on any atom is -0.493 e. The maximum atomic E-state index is 6.30. The number of benzene rings is 2. The van der Waals surface area contributed by atoms with Gasteiger partial charge in [0.15, 0.2) is 0 Å². The van der Waals surface area contributed by atoms with Crippen LogP contribution in [0.15, 0.2) is 24.3 Å². The van der Waals surface area contributed by atoms with Crippen LogP contribution in [0.5, 0.6) is 11.5 Å². The van der Waals surface area contributed by atoms with Crippen LogP contribution in [0.25, 0.3) is 0 Å². The van der Waals surface area contributed by atoms with Gasteiger partial charge in [-0.05, 0) is 97.6 Å². The summed E-state index contributed by atoms with van der Waals surface area (Å²) in [5.74, 6) is 2.24. The van der Waals surface area contributed by atoms with Crippen LogP contribution in [0.4, 0.5) is 0 Å². The van der Waals surface area contributed by atoms with Crippen molar-refractivity contribution >= 4 is 0 Å². The molecule has 2 aromatic carbocycles. The van der Waals surface area contributed by atoms with Crippen LogP contribution in [0.1, 0.15) is 86.8 Å². The summed E-state index contributed by atoms with van der Waals surface area (Å²) in [5, 5.41) is 0. The van der Waals surface area contributed by atoms with Gasteiger partial charge < -0.3 is 18.9 Å². The molecule has 2 aliphatic rings. The van der Waals surface area contributed by atoms with Gasteiger partial charge in [-0.15, -0.1) is 0 Å². The molecule has 0 radical (unpaired) electrons. The molecule has 0 amide bonds. The van der Waals surface area contributed by atoms with E-state index in [0.29, 0.717) is 12.2 Å². The lowest BCUT2D eigenvalue weighted by molar-refractivity contribution is 0.289. The van der Waals surface area contributed by atoms with Gasteiger partial charge in [0.2, 0.25) is 0 Å². The third-order valence-corrected chi connectivity index (χ3v) is 7.47. The molecular formula is C32H46O4. The van der Waals surface area contributed by atoms with Crippen molar-refractivity contribution in [2.24, 2.45) is 0 Å². The summed E-state index contributed by atoms with van der Waals surface area (Å²) in [6.45, 7) is 12.4. The van der Waals surface area contributed by atoms with Crippen molar-refractivity contribution in [2.75, 3.05) is 26.4 Å². The second-order valence-corrected chi connectivity index (χ2v) is 10.3. The Kier molecular flexibility index (Phi) is 10.1. The molecule has 2 heterocycles. The molecule has 4 nitrogen and oxygen atoms in total. The highest BCUT2D eigenvalue weighted by Crippen LogP contribution is 2.31. The van der Waals surface area contributed by atoms with E-state index in [1.54, 1.807) is 0 Å². The van der Waals surface area contributed by atoms with Crippen molar-refractivity contribution in [1.29, 1.82) is 0 Å². The quantitative estimate of drug-likeness (QED) is 0.178. The SMILES string of the molecule is CCc1cc(CCc2cc(CC)c(OCCCC3CO3)c(CC)c2)cc(CC)c1OCCCC1CO1. The maximum absolute atomic E-state index is 6.30. The molecule has 2 unspecified atom stereocenters. The van der Waals surface area contributed by atoms with Crippen molar-refractivity contribution in [2.45, 2.75) is 104 Å². The molecule has 0 N–H and O–H groups in total. The van der Waals surface area contributed by atoms with Gasteiger partial charge in [0.1, 0.15) is 11.5 Å². The molecule has 36 heavy (non-hydrogen) atoms. The summed E-state index contributed by atoms with van der Waals surface area (Å²) in [7, 11) is 0. The first-order valence-corrected chi connectivity index (χ1v) is 14.4. The Hall–Kier alpha value is -2.04. The summed E-state index contributed by atoms with van der Waals surface area (Å²) in [6, 6.07) is 9.50. The van der Waals surface area contributed by atoms with E-state index in [1.165, 1.54) is 33.4 Å². The highest BCUT2D eigenvalue weighted by atomic mass is 16.6. The third-order valence-electron chi connectivity index (χ3n) is 7.47. The largest absolute Gasteiger partial charge is 0.493 e. The van der Waals surface area contributed by atoms with E-state index in [0.717, 1.165) is 102 Å². The predicted molar refractivity (Wildman–Crippen MR) is 147 cm³/mol. The molecule has 2 aliphatic heterocycles. The van der Waals surface area contributed by atoms with Crippen molar-refractivity contribution in [1.82, 2.24) is 0 Å². The third kappa shape index (κ3) is 7.73. The molecule has 2 fully saturated rings. The Morgan fingerprint density at radius 1 is 0.611 bits per heavy atom. The fourth-order valence-electron chi connectivity index (χ4n) is 5.09. The summed E-state index contributed by atoms with van der Waals surface area (Å²) < 4.78 is 23.3. The number of aryl methyl sites for hydroxylation is 6. The fourth-order valence-corrected chi connectivity index (χ4v) is 5.09. The number of epoxide rings is 2. The van der Waals surface area contributed by atoms with Gasteiger partial charge in [0.05, 0.1) is 38.6 Å². The summed E-state index contributed by atoms with van der Waals surface area (Å²) in [4.78, 5) is 0. The van der Waals surface area contributed by atoms with E-state index in [-0.39, 0.29) is 0 Å². The Labute approximate surface area is 218 Å². The van der Waals surface area contributed by atoms with Crippen LogP contribution in [0.3, 0.4) is 0 Å². The number of hydrogen-bond acceptors (Lipinski definition) is 4. The molecule has 4 rings (SSSR count). The van der Waals surface area contributed by atoms with Gasteiger partial charge in [0, 0.05) is 0 Å². The van der Waals surface area contributed by atoms with E-state index in [9.17, 15) is 0 Å². The smallest absolute Gasteiger partial charge is 0.125 e. The lowest BCUT2D eigenvalue weighted by Crippen LogP contribution is -2.07. The second-order valence-electron chi connectivity index (χ2n) is 10.3. The molecule has 0 aromatic heterocycles. The highest BCUT2D eigenvalue weighted by Gasteiger charge is 2.22. The monoisotopic (exact) mass is 494 g/mol. The molecule has 0 aliphatic carbocycles. The van der Waals surface area contributed by atoms with Gasteiger partial charge in [0.25, 0.3) is 0 Å². The summed E-state index contributed by atoms with van der Waals surface area (Å²) in [5.41, 5.74) is 8.21. The second kappa shape index (κ2) is 13.5. The molecule has 2 saturated heterocycles. The topological polar surface area (TPSA) is 43.5 Å². The Balaban J connectivity index is 1.40. The Morgan fingerprint density at radius 2 is 0.944 bits per heavy atom. The standard InChI is InChI=1S/C32H46O4/c1-5-25-17-23(18-26(6-2)31(25)33-15-9-11-29-21-35-29)13-14-24-19-27(7-3)32(28(8-4)20-24)34-16-10-12-30-22-36-30/h17-20,29-30H,5-16,21-22H2,1-4H3. The summed E-state index contributed by atoms with van der Waals surface area (Å²) >= 11 is 0. The first-order valence-electron chi connectivity index (χ1n) is 14.4. The number of hydrogen-bond donors (Lipinski definition) is 0. The van der Waals surface area contributed by atoms with Gasteiger partial charge in [-0.2, -0.15) is 0 Å². The predicted octanol–water partition coefficient (Wildman–Crippen LogP) is 6.84. The maximum Gasteiger partial charge on any atom is 0.125 e. The first-order chi connectivity index (χ1) is 17.6. The van der Waals surface area contributed by atoms with Crippen LogP contribution < -0.4 is 9.47 Å². The normalized spacial score (nSPS) is 18.3. The van der Waals surface area contributed by atoms with Gasteiger partial charge in [-0.25, -0.2) is 0 Å². The van der Waals surface area contributed by atoms with Crippen molar-refractivity contribution in [3.05, 3.63) is 57.6 Å². The first kappa shape index (κ1) is 27.0. The van der Waals surface area contributed by atoms with Gasteiger partial charge >= 0.3 is 0 Å². The fraction of sp³-hybridized carbons (Fsp3) is 0.625. The molecule has 0 spiro atoms. The van der Waals surface area contributed by atoms with Crippen LogP contribution in [0, 0.1) is 0 Å². The zero-order valence-corrected chi connectivity index (χ0v) is 23.0. The minimum atomic E-state index is 0.483. The van der Waals surface area contributed by atoms with Crippen molar-refractivity contribution in [3.8, 4) is 11.5 Å². The zero-order valence-electron chi connectivity index (χ0n) is 23.0. The Bertz CT molecular complexity index is 845. The van der Waals surface area contributed by atoms with Gasteiger partial charge in [-0.3, -0.25) is 0 Å². The van der Waals surface area contributed by atoms with Crippen molar-refractivity contribution in [3.63, 3.8) is 0 Å². The zero-order chi connectivity index (χ0) is 25.3. The van der Waals surface area contributed by atoms with E-state index in [4.69, 9.17) is 18.9 Å². The molecule has 198 valence electrons. The molecule has 0 saturated carbocycles. The molecule has 0 bridgehead atoms. The van der Waals surface area contributed by atoms with Crippen LogP contribution in [-0.2, 0) is 48.0 Å². The Morgan fingerprint density at radius 3 is 1.22 bits per heavy atom. The van der Waals surface area contributed by atoms with E-state index >= 15 is 0 Å². The van der Waals surface area contributed by atoms with Crippen LogP contribution in [-0.4, -0.2) is 38.6 Å². The molecule has 4 heteroatoms. The van der Waals surface area contributed by atoms with E-state index < -0.39 is 0 Å². The van der Waals surface area contributed by atoms with Crippen LogP contribution in [0.2, 0.25) is 0 Å². The molecular weight excluding hydrogens is 448 g/mol. The van der Waals surface area contributed by atoms with Crippen molar-refractivity contribution < 1.29 is 18.9 Å². The number of rotatable bonds is 17. The molecule has 2 aromatic rings. The molecule has 2 atom stereocenters. The highest BCUT2D eigenvalue weighted by molar-refractivity contribution is 5.47. The van der Waals surface area contributed by atoms with Crippen LogP contribution >= 0.6 is 0 Å². The average molecular weight is 495 g/mol. The average Bonchev–Trinajstić information content (AvgIpc) is 3.83. The minimum absolute atomic E-state index is 0.483. The van der Waals surface area contributed by atoms with Gasteiger partial charge in [-0.1, -0.05) is 52.0 Å². The van der Waals surface area contributed by atoms with E-state index in [2.05, 4.69) is 52.0 Å². The lowest BCUT2D eigenvalue weighted by Gasteiger charge is -2.18.